The highest BCUT2D eigenvalue weighted by molar-refractivity contribution is 6.05. The molecule has 13 heteroatoms. The number of benzene rings is 3. The summed E-state index contributed by atoms with van der Waals surface area (Å²) < 4.78 is 37.3. The summed E-state index contributed by atoms with van der Waals surface area (Å²) in [4.78, 5) is 38.6. The highest BCUT2D eigenvalue weighted by Crippen LogP contribution is 2.33. The molecule has 1 amide bonds. The van der Waals surface area contributed by atoms with Crippen LogP contribution in [0.3, 0.4) is 0 Å². The summed E-state index contributed by atoms with van der Waals surface area (Å²) in [6.45, 7) is 6.98. The minimum absolute atomic E-state index is 0.0941. The molecule has 0 spiro atoms. The normalized spacial score (nSPS) is 15.0. The van der Waals surface area contributed by atoms with Gasteiger partial charge in [0.1, 0.15) is 50.1 Å². The first-order valence-corrected chi connectivity index (χ1v) is 16.7. The van der Waals surface area contributed by atoms with Crippen LogP contribution >= 0.6 is 0 Å². The fraction of sp³-hybridized carbons (Fsp3) is 0.447. The molecule has 1 heterocycles. The number of epoxide rings is 1. The number of aliphatic hydroxyl groups excluding tert-OH is 2. The molecule has 1 aliphatic heterocycles. The minimum Gasteiger partial charge on any atom is -0.491 e. The molecular weight excluding hydrogens is 662 g/mol. The highest BCUT2D eigenvalue weighted by Gasteiger charge is 2.26. The van der Waals surface area contributed by atoms with Gasteiger partial charge in [0.2, 0.25) is 0 Å². The van der Waals surface area contributed by atoms with E-state index >= 15 is 0 Å². The lowest BCUT2D eigenvalue weighted by atomic mass is 9.78. The molecule has 1 saturated heterocycles. The number of rotatable bonds is 21. The van der Waals surface area contributed by atoms with Crippen molar-refractivity contribution in [2.45, 2.75) is 44.4 Å². The Hall–Kier alpha value is -4.53. The molecule has 3 aromatic rings. The molecule has 4 rings (SSSR count). The van der Waals surface area contributed by atoms with Crippen molar-refractivity contribution in [2.24, 2.45) is 0 Å². The van der Waals surface area contributed by atoms with Crippen molar-refractivity contribution in [3.63, 3.8) is 0 Å². The van der Waals surface area contributed by atoms with Gasteiger partial charge in [0, 0.05) is 24.1 Å². The first-order valence-electron chi connectivity index (χ1n) is 16.7. The van der Waals surface area contributed by atoms with Crippen LogP contribution in [0.1, 0.15) is 63.0 Å². The van der Waals surface area contributed by atoms with Crippen LogP contribution in [-0.2, 0) is 29.1 Å². The maximum absolute atomic E-state index is 13.0. The van der Waals surface area contributed by atoms with E-state index in [1.54, 1.807) is 26.2 Å². The number of carbonyl (C=O) groups is 3. The van der Waals surface area contributed by atoms with Gasteiger partial charge in [-0.1, -0.05) is 38.1 Å². The lowest BCUT2D eigenvalue weighted by Crippen LogP contribution is -2.36. The third-order valence-corrected chi connectivity index (χ3v) is 8.06. The predicted molar refractivity (Wildman–Crippen MR) is 185 cm³/mol. The Bertz CT molecular complexity index is 1570. The van der Waals surface area contributed by atoms with Crippen molar-refractivity contribution in [1.29, 1.82) is 0 Å². The number of carbonyl (C=O) groups excluding carboxylic acids is 3. The lowest BCUT2D eigenvalue weighted by molar-refractivity contribution is 0.0126. The summed E-state index contributed by atoms with van der Waals surface area (Å²) in [6, 6.07) is 19.0. The van der Waals surface area contributed by atoms with Crippen molar-refractivity contribution in [2.75, 3.05) is 66.6 Å². The monoisotopic (exact) mass is 709 g/mol. The number of hydrogen-bond acceptors (Lipinski definition) is 12. The van der Waals surface area contributed by atoms with Crippen molar-refractivity contribution in [1.82, 2.24) is 5.32 Å². The summed E-state index contributed by atoms with van der Waals surface area (Å²) in [5, 5.41) is 22.4. The maximum atomic E-state index is 13.0. The van der Waals surface area contributed by atoms with Crippen LogP contribution in [0.15, 0.2) is 66.7 Å². The summed E-state index contributed by atoms with van der Waals surface area (Å²) in [6.07, 6.45) is -0.986. The average Bonchev–Trinajstić information content (AvgIpc) is 3.97. The van der Waals surface area contributed by atoms with E-state index in [0.29, 0.717) is 25.6 Å². The van der Waals surface area contributed by atoms with E-state index in [0.717, 1.165) is 23.5 Å². The summed E-state index contributed by atoms with van der Waals surface area (Å²) in [5.41, 5.74) is 1.56. The Labute approximate surface area is 297 Å². The lowest BCUT2D eigenvalue weighted by Gasteiger charge is -2.26. The number of aliphatic hydroxyl groups is 2. The molecule has 0 aromatic heterocycles. The molecular formula is C38H47NO12. The Morgan fingerprint density at radius 2 is 1.47 bits per heavy atom. The average molecular weight is 710 g/mol. The third-order valence-electron chi connectivity index (χ3n) is 8.06. The van der Waals surface area contributed by atoms with E-state index < -0.39 is 37.2 Å². The molecule has 51 heavy (non-hydrogen) atoms. The molecule has 276 valence electrons. The van der Waals surface area contributed by atoms with Gasteiger partial charge in [-0.3, -0.25) is 4.79 Å². The van der Waals surface area contributed by atoms with Gasteiger partial charge in [-0.15, -0.1) is 0 Å². The molecule has 0 saturated carbocycles. The van der Waals surface area contributed by atoms with Crippen molar-refractivity contribution in [3.8, 4) is 11.5 Å². The standard InChI is InChI=1S/C38H47NO12/c1-25(20-46-18-17-45-4)39-35(42)26-5-14-33(34(19-26)37(44)47-16-15-40)36(43)51-22-29(41)21-48-30-10-6-27(7-11-30)38(2,3)28-8-12-31(13-9-28)49-23-32-24-50-32/h5-14,19,25,29,32,40-41H,15-18,20-24H2,1-4H3,(H,39,42). The Morgan fingerprint density at radius 3 is 2.08 bits per heavy atom. The van der Waals surface area contributed by atoms with Gasteiger partial charge < -0.3 is 48.7 Å². The molecule has 0 aliphatic carbocycles. The van der Waals surface area contributed by atoms with E-state index in [1.165, 1.54) is 18.2 Å². The minimum atomic E-state index is -1.18. The van der Waals surface area contributed by atoms with Gasteiger partial charge in [0.15, 0.2) is 0 Å². The zero-order chi connectivity index (χ0) is 36.8. The number of esters is 2. The van der Waals surface area contributed by atoms with E-state index in [4.69, 9.17) is 38.3 Å². The van der Waals surface area contributed by atoms with E-state index in [2.05, 4.69) is 19.2 Å². The van der Waals surface area contributed by atoms with Crippen molar-refractivity contribution in [3.05, 3.63) is 94.5 Å². The zero-order valence-corrected chi connectivity index (χ0v) is 29.4. The largest absolute Gasteiger partial charge is 0.491 e. The van der Waals surface area contributed by atoms with Crippen LogP contribution in [0.4, 0.5) is 0 Å². The van der Waals surface area contributed by atoms with Crippen LogP contribution in [0, 0.1) is 0 Å². The number of hydrogen-bond donors (Lipinski definition) is 3. The van der Waals surface area contributed by atoms with Crippen LogP contribution in [0.25, 0.3) is 0 Å². The van der Waals surface area contributed by atoms with Gasteiger partial charge in [0.05, 0.1) is 44.2 Å². The first-order chi connectivity index (χ1) is 24.5. The highest BCUT2D eigenvalue weighted by atomic mass is 16.6. The Balaban J connectivity index is 1.30. The van der Waals surface area contributed by atoms with Gasteiger partial charge >= 0.3 is 11.9 Å². The molecule has 0 radical (unpaired) electrons. The van der Waals surface area contributed by atoms with Gasteiger partial charge in [-0.05, 0) is 60.5 Å². The molecule has 1 aliphatic rings. The third kappa shape index (κ3) is 12.0. The molecule has 3 unspecified atom stereocenters. The van der Waals surface area contributed by atoms with Crippen LogP contribution in [-0.4, -0.2) is 113 Å². The van der Waals surface area contributed by atoms with Crippen LogP contribution in [0.5, 0.6) is 11.5 Å². The second kappa shape index (κ2) is 19.2. The van der Waals surface area contributed by atoms with E-state index in [9.17, 15) is 19.5 Å². The van der Waals surface area contributed by atoms with Gasteiger partial charge in [-0.25, -0.2) is 9.59 Å². The number of methoxy groups -OCH3 is 1. The second-order valence-corrected chi connectivity index (χ2v) is 12.6. The number of ether oxygens (including phenoxy) is 7. The van der Waals surface area contributed by atoms with Crippen molar-refractivity contribution >= 4 is 17.8 Å². The zero-order valence-electron chi connectivity index (χ0n) is 29.4. The quantitative estimate of drug-likeness (QED) is 0.0839. The first kappa shape index (κ1) is 39.3. The SMILES string of the molecule is COCCOCC(C)NC(=O)c1ccc(C(=O)OCC(O)COc2ccc(C(C)(C)c3ccc(OCC4CO4)cc3)cc2)c(C(=O)OCCO)c1. The molecule has 3 N–H and O–H groups in total. The summed E-state index contributed by atoms with van der Waals surface area (Å²) in [5.74, 6) is -1.03. The topological polar surface area (TPSA) is 172 Å². The molecule has 1 fully saturated rings. The predicted octanol–water partition coefficient (Wildman–Crippen LogP) is 3.32. The second-order valence-electron chi connectivity index (χ2n) is 12.6. The van der Waals surface area contributed by atoms with Gasteiger partial charge in [-0.2, -0.15) is 0 Å². The Morgan fingerprint density at radius 1 is 0.843 bits per heavy atom. The summed E-state index contributed by atoms with van der Waals surface area (Å²) in [7, 11) is 1.56. The van der Waals surface area contributed by atoms with Crippen LogP contribution in [0.2, 0.25) is 0 Å². The molecule has 3 atom stereocenters. The fourth-order valence-electron chi connectivity index (χ4n) is 4.95. The molecule has 3 aromatic carbocycles. The van der Waals surface area contributed by atoms with Crippen molar-refractivity contribution < 1.29 is 57.8 Å². The van der Waals surface area contributed by atoms with E-state index in [-0.39, 0.29) is 54.1 Å². The number of nitrogens with one attached hydrogen (secondary N) is 1. The fourth-order valence-corrected chi connectivity index (χ4v) is 4.95. The number of amides is 1. The Kier molecular flexibility index (Phi) is 14.8. The van der Waals surface area contributed by atoms with Crippen LogP contribution < -0.4 is 14.8 Å². The summed E-state index contributed by atoms with van der Waals surface area (Å²) >= 11 is 0. The van der Waals surface area contributed by atoms with Gasteiger partial charge in [0.25, 0.3) is 5.91 Å². The smallest absolute Gasteiger partial charge is 0.339 e. The maximum Gasteiger partial charge on any atom is 0.339 e. The molecule has 0 bridgehead atoms. The van der Waals surface area contributed by atoms with E-state index in [1.807, 2.05) is 36.4 Å². The molecule has 13 nitrogen and oxygen atoms in total.